The minimum Gasteiger partial charge on any atom is -0.397 e. The number of hydrogen-bond acceptors (Lipinski definition) is 7. The van der Waals surface area contributed by atoms with Gasteiger partial charge in [-0.05, 0) is 37.3 Å². The van der Waals surface area contributed by atoms with E-state index in [1.165, 1.54) is 11.3 Å². The van der Waals surface area contributed by atoms with Crippen LogP contribution in [-0.2, 0) is 6.42 Å². The van der Waals surface area contributed by atoms with Crippen molar-refractivity contribution in [1.29, 1.82) is 0 Å². The molecule has 1 fully saturated rings. The summed E-state index contributed by atoms with van der Waals surface area (Å²) >= 11 is 1.31. The molecule has 0 bridgehead atoms. The predicted molar refractivity (Wildman–Crippen MR) is 115 cm³/mol. The van der Waals surface area contributed by atoms with Gasteiger partial charge in [0.05, 0.1) is 16.7 Å². The lowest BCUT2D eigenvalue weighted by atomic mass is 10.0. The zero-order valence-corrected chi connectivity index (χ0v) is 17.7. The average molecular weight is 396 g/mol. The van der Waals surface area contributed by atoms with Crippen LogP contribution >= 0.6 is 11.3 Å². The number of aromatic nitrogens is 1. The van der Waals surface area contributed by atoms with Crippen LogP contribution in [0.15, 0.2) is 6.07 Å². The number of anilines is 2. The lowest BCUT2D eigenvalue weighted by molar-refractivity contribution is 0.112. The summed E-state index contributed by atoms with van der Waals surface area (Å²) in [7, 11) is 0. The van der Waals surface area contributed by atoms with Gasteiger partial charge in [-0.3, -0.25) is 4.79 Å². The maximum absolute atomic E-state index is 11.2. The average Bonchev–Trinajstić information content (AvgIpc) is 3.05. The van der Waals surface area contributed by atoms with Gasteiger partial charge < -0.3 is 20.8 Å². The molecule has 0 radical (unpaired) electrons. The third kappa shape index (κ3) is 5.64. The molecule has 7 heteroatoms. The molecule has 2 aromatic rings. The van der Waals surface area contributed by atoms with Crippen molar-refractivity contribution in [2.75, 3.05) is 30.3 Å². The molecular formula is C20H33N3O3S. The Kier molecular flexibility index (Phi) is 10.3. The number of nitrogens with zero attached hydrogens (tertiary/aromatic N) is 2. The molecule has 0 spiro atoms. The number of aliphatic hydroxyl groups is 2. The first kappa shape index (κ1) is 23.3. The minimum atomic E-state index is -0.233. The maximum atomic E-state index is 11.2. The number of fused-ring (bicyclic) bond motifs is 1. The normalized spacial score (nSPS) is 14.2. The molecule has 152 valence electrons. The summed E-state index contributed by atoms with van der Waals surface area (Å²) < 4.78 is 0. The SMILES string of the molecule is CC.CC.Nc1c(C=O)sc2nc(N3CCC(O)CC3)cc(CCCO)c12. The number of nitrogen functional groups attached to an aromatic ring is 1. The smallest absolute Gasteiger partial charge is 0.162 e. The van der Waals surface area contributed by atoms with Gasteiger partial charge in [0.1, 0.15) is 10.6 Å². The van der Waals surface area contributed by atoms with Gasteiger partial charge in [0, 0.05) is 25.1 Å². The summed E-state index contributed by atoms with van der Waals surface area (Å²) in [4.78, 5) is 19.3. The second-order valence-electron chi connectivity index (χ2n) is 5.86. The van der Waals surface area contributed by atoms with Crippen LogP contribution in [0.3, 0.4) is 0 Å². The van der Waals surface area contributed by atoms with Crippen molar-refractivity contribution >= 4 is 39.3 Å². The predicted octanol–water partition coefficient (Wildman–Crippen LogP) is 3.63. The number of aliphatic hydroxyl groups excluding tert-OH is 2. The van der Waals surface area contributed by atoms with E-state index >= 15 is 0 Å². The fourth-order valence-corrected chi connectivity index (χ4v) is 3.96. The Hall–Kier alpha value is -1.70. The standard InChI is InChI=1S/C16H21N3O3S.2C2H6/c17-15-12(9-21)23-16-14(15)10(2-1-7-20)8-13(18-16)19-5-3-11(22)4-6-19;2*1-2/h8-9,11,20,22H,1-7,17H2;2*1-2H3. The molecule has 4 N–H and O–H groups in total. The van der Waals surface area contributed by atoms with E-state index in [1.54, 1.807) is 0 Å². The minimum absolute atomic E-state index is 0.111. The van der Waals surface area contributed by atoms with Crippen LogP contribution in [0.1, 0.15) is 62.2 Å². The van der Waals surface area contributed by atoms with Crippen molar-refractivity contribution in [3.63, 3.8) is 0 Å². The number of thiophene rings is 1. The Bertz CT molecular complexity index is 710. The van der Waals surface area contributed by atoms with Crippen LogP contribution in [0.25, 0.3) is 10.2 Å². The zero-order chi connectivity index (χ0) is 20.4. The monoisotopic (exact) mass is 395 g/mol. The molecule has 1 saturated heterocycles. The van der Waals surface area contributed by atoms with Crippen LogP contribution in [0, 0.1) is 0 Å². The van der Waals surface area contributed by atoms with Gasteiger partial charge in [-0.15, -0.1) is 11.3 Å². The Labute approximate surface area is 166 Å². The van der Waals surface area contributed by atoms with Crippen molar-refractivity contribution < 1.29 is 15.0 Å². The summed E-state index contributed by atoms with van der Waals surface area (Å²) in [5.74, 6) is 0.857. The zero-order valence-electron chi connectivity index (χ0n) is 16.9. The Balaban J connectivity index is 0.000000855. The van der Waals surface area contributed by atoms with E-state index in [4.69, 9.17) is 10.8 Å². The van der Waals surface area contributed by atoms with Crippen molar-refractivity contribution in [2.45, 2.75) is 59.5 Å². The molecule has 3 rings (SSSR count). The highest BCUT2D eigenvalue weighted by Crippen LogP contribution is 2.36. The van der Waals surface area contributed by atoms with Crippen molar-refractivity contribution in [3.05, 3.63) is 16.5 Å². The van der Waals surface area contributed by atoms with E-state index < -0.39 is 0 Å². The highest BCUT2D eigenvalue weighted by Gasteiger charge is 2.21. The largest absolute Gasteiger partial charge is 0.397 e. The third-order valence-corrected chi connectivity index (χ3v) is 5.32. The van der Waals surface area contributed by atoms with E-state index in [9.17, 15) is 9.90 Å². The molecule has 0 aromatic carbocycles. The van der Waals surface area contributed by atoms with Crippen LogP contribution in [0.2, 0.25) is 0 Å². The molecule has 2 aromatic heterocycles. The molecular weight excluding hydrogens is 362 g/mol. The quantitative estimate of drug-likeness (QED) is 0.669. The van der Waals surface area contributed by atoms with E-state index in [1.807, 2.05) is 33.8 Å². The van der Waals surface area contributed by atoms with E-state index in [-0.39, 0.29) is 12.7 Å². The first-order valence-corrected chi connectivity index (χ1v) is 10.7. The van der Waals surface area contributed by atoms with Gasteiger partial charge >= 0.3 is 0 Å². The number of carbonyl (C=O) groups is 1. The lowest BCUT2D eigenvalue weighted by Gasteiger charge is -2.30. The molecule has 0 aliphatic carbocycles. The lowest BCUT2D eigenvalue weighted by Crippen LogP contribution is -2.36. The summed E-state index contributed by atoms with van der Waals surface area (Å²) in [6.07, 6.45) is 3.34. The number of piperidine rings is 1. The fraction of sp³-hybridized carbons (Fsp3) is 0.600. The van der Waals surface area contributed by atoms with Gasteiger partial charge in [-0.25, -0.2) is 4.98 Å². The second-order valence-corrected chi connectivity index (χ2v) is 6.89. The molecule has 0 atom stereocenters. The molecule has 3 heterocycles. The number of aryl methyl sites for hydroxylation is 1. The molecule has 6 nitrogen and oxygen atoms in total. The first-order valence-electron chi connectivity index (χ1n) is 9.85. The number of hydrogen-bond donors (Lipinski definition) is 3. The topological polar surface area (TPSA) is 99.7 Å². The number of rotatable bonds is 5. The molecule has 1 aliphatic rings. The van der Waals surface area contributed by atoms with Gasteiger partial charge in [-0.2, -0.15) is 0 Å². The molecule has 0 amide bonds. The van der Waals surface area contributed by atoms with Gasteiger partial charge in [0.2, 0.25) is 0 Å². The third-order valence-electron chi connectivity index (χ3n) is 4.30. The summed E-state index contributed by atoms with van der Waals surface area (Å²) in [5, 5.41) is 19.6. The fourth-order valence-electron chi connectivity index (χ4n) is 3.01. The summed E-state index contributed by atoms with van der Waals surface area (Å²) in [6, 6.07) is 2.01. The highest BCUT2D eigenvalue weighted by molar-refractivity contribution is 7.20. The second kappa shape index (κ2) is 11.9. The van der Waals surface area contributed by atoms with Crippen LogP contribution in [0.5, 0.6) is 0 Å². The van der Waals surface area contributed by atoms with Crippen molar-refractivity contribution in [1.82, 2.24) is 4.98 Å². The highest BCUT2D eigenvalue weighted by atomic mass is 32.1. The van der Waals surface area contributed by atoms with Crippen LogP contribution in [0.4, 0.5) is 11.5 Å². The van der Waals surface area contributed by atoms with Crippen molar-refractivity contribution in [3.8, 4) is 0 Å². The summed E-state index contributed by atoms with van der Waals surface area (Å²) in [6.45, 7) is 9.64. The molecule has 0 unspecified atom stereocenters. The molecule has 27 heavy (non-hydrogen) atoms. The Morgan fingerprint density at radius 3 is 2.48 bits per heavy atom. The number of nitrogens with two attached hydrogens (primary N) is 1. The maximum Gasteiger partial charge on any atom is 0.162 e. The van der Waals surface area contributed by atoms with E-state index in [0.717, 1.165) is 53.8 Å². The number of carbonyl (C=O) groups excluding carboxylic acids is 1. The molecule has 0 saturated carbocycles. The van der Waals surface area contributed by atoms with E-state index in [2.05, 4.69) is 9.88 Å². The summed E-state index contributed by atoms with van der Waals surface area (Å²) in [5.41, 5.74) is 7.61. The van der Waals surface area contributed by atoms with Gasteiger partial charge in [0.15, 0.2) is 6.29 Å². The Morgan fingerprint density at radius 1 is 1.30 bits per heavy atom. The van der Waals surface area contributed by atoms with Crippen molar-refractivity contribution in [2.24, 2.45) is 0 Å². The number of pyridine rings is 1. The molecule has 1 aliphatic heterocycles. The van der Waals surface area contributed by atoms with Crippen LogP contribution in [-0.4, -0.2) is 47.3 Å². The first-order chi connectivity index (χ1) is 13.1. The number of aldehydes is 1. The van der Waals surface area contributed by atoms with Crippen LogP contribution < -0.4 is 10.6 Å². The van der Waals surface area contributed by atoms with E-state index in [0.29, 0.717) is 23.4 Å². The Morgan fingerprint density at radius 2 is 1.93 bits per heavy atom. The van der Waals surface area contributed by atoms with Gasteiger partial charge in [-0.1, -0.05) is 27.7 Å². The van der Waals surface area contributed by atoms with Gasteiger partial charge in [0.25, 0.3) is 0 Å².